The molecule has 0 aliphatic carbocycles. The van der Waals surface area contributed by atoms with Crippen molar-refractivity contribution < 1.29 is 28.7 Å². The van der Waals surface area contributed by atoms with E-state index in [1.807, 2.05) is 62.4 Å². The second-order valence-corrected chi connectivity index (χ2v) is 9.26. The topological polar surface area (TPSA) is 85.4 Å². The third kappa shape index (κ3) is 4.52. The third-order valence-corrected chi connectivity index (χ3v) is 6.73. The molecule has 0 N–H and O–H groups in total. The molecule has 2 fully saturated rings. The van der Waals surface area contributed by atoms with Crippen LogP contribution < -0.4 is 19.4 Å². The van der Waals surface area contributed by atoms with E-state index in [4.69, 9.17) is 14.3 Å². The van der Waals surface area contributed by atoms with Gasteiger partial charge in [-0.3, -0.25) is 19.2 Å². The summed E-state index contributed by atoms with van der Waals surface area (Å²) in [6, 6.07) is 20.9. The fourth-order valence-corrected chi connectivity index (χ4v) is 4.96. The van der Waals surface area contributed by atoms with E-state index in [0.717, 1.165) is 22.6 Å². The Kier molecular flexibility index (Phi) is 7.15. The Hall–Kier alpha value is -4.17. The number of carbonyl (C=O) groups is 3. The maximum atomic E-state index is 13.9. The summed E-state index contributed by atoms with van der Waals surface area (Å²) in [6.45, 7) is 6.40. The fourth-order valence-electron chi connectivity index (χ4n) is 4.96. The van der Waals surface area contributed by atoms with Crippen LogP contribution in [0.25, 0.3) is 0 Å². The lowest BCUT2D eigenvalue weighted by Gasteiger charge is -2.29. The minimum Gasteiger partial charge on any atom is -0.490 e. The van der Waals surface area contributed by atoms with Crippen molar-refractivity contribution in [1.29, 1.82) is 0 Å². The number of amides is 2. The minimum absolute atomic E-state index is 0.0918. The van der Waals surface area contributed by atoms with E-state index in [9.17, 15) is 14.4 Å². The smallest absolute Gasteiger partial charge is 0.266 e. The van der Waals surface area contributed by atoms with Crippen LogP contribution in [-0.2, 0) is 14.4 Å². The van der Waals surface area contributed by atoms with Gasteiger partial charge < -0.3 is 9.47 Å². The molecule has 196 valence electrons. The number of carbonyl (C=O) groups excluding carboxylic acids is 3. The Morgan fingerprint density at radius 2 is 1.61 bits per heavy atom. The molecule has 2 amide bonds. The molecule has 2 saturated heterocycles. The molecule has 2 aliphatic heterocycles. The largest absolute Gasteiger partial charge is 0.490 e. The number of hydrogen-bond donors (Lipinski definition) is 0. The first kappa shape index (κ1) is 25.5. The maximum absolute atomic E-state index is 13.9. The lowest BCUT2D eigenvalue weighted by atomic mass is 9.90. The van der Waals surface area contributed by atoms with Gasteiger partial charge in [0.15, 0.2) is 23.4 Å². The van der Waals surface area contributed by atoms with E-state index >= 15 is 0 Å². The lowest BCUT2D eigenvalue weighted by molar-refractivity contribution is -0.126. The van der Waals surface area contributed by atoms with E-state index in [1.54, 1.807) is 29.3 Å². The molecule has 38 heavy (non-hydrogen) atoms. The first-order chi connectivity index (χ1) is 18.4. The second-order valence-electron chi connectivity index (χ2n) is 9.26. The molecular weight excluding hydrogens is 484 g/mol. The van der Waals surface area contributed by atoms with Gasteiger partial charge in [0.1, 0.15) is 5.92 Å². The predicted molar refractivity (Wildman–Crippen MR) is 142 cm³/mol. The monoisotopic (exact) mass is 514 g/mol. The van der Waals surface area contributed by atoms with Crippen LogP contribution in [0, 0.1) is 5.92 Å². The predicted octanol–water partition coefficient (Wildman–Crippen LogP) is 5.13. The molecular formula is C30H30N2O6. The van der Waals surface area contributed by atoms with Gasteiger partial charge in [0.2, 0.25) is 5.91 Å². The van der Waals surface area contributed by atoms with Crippen LogP contribution in [0.4, 0.5) is 11.4 Å². The highest BCUT2D eigenvalue weighted by Crippen LogP contribution is 2.48. The molecule has 0 bridgehead atoms. The highest BCUT2D eigenvalue weighted by atomic mass is 16.7. The highest BCUT2D eigenvalue weighted by molar-refractivity contribution is 6.24. The molecule has 2 heterocycles. The number of anilines is 2. The molecule has 0 saturated carbocycles. The normalized spacial score (nSPS) is 20.6. The lowest BCUT2D eigenvalue weighted by Crippen LogP contribution is -2.37. The first-order valence-electron chi connectivity index (χ1n) is 12.8. The SMILES string of the molecule is CCCOc1ccc([C@@H]2[C@@H]3C(=O)N(c4ccc(C(C)=O)cc4)C(=O)[C@H]3ON2c2ccccc2)cc1OCC. The standard InChI is InChI=1S/C30H30N2O6/c1-4-17-37-24-16-13-21(18-25(24)36-5-2)27-26-28(38-32(27)23-9-7-6-8-10-23)30(35)31(29(26)34)22-14-11-20(12-15-22)19(3)33/h6-16,18,26-28H,4-5,17H2,1-3H3/t26-,27+,28-/m0/s1. The molecule has 0 radical (unpaired) electrons. The average molecular weight is 515 g/mol. The third-order valence-electron chi connectivity index (χ3n) is 6.73. The first-order valence-corrected chi connectivity index (χ1v) is 12.8. The number of Topliss-reactive ketones (excluding diaryl/α,β-unsaturated/α-hetero) is 1. The van der Waals surface area contributed by atoms with Gasteiger partial charge in [0.05, 0.1) is 30.6 Å². The fraction of sp³-hybridized carbons (Fsp3) is 0.300. The number of benzene rings is 3. The molecule has 0 unspecified atom stereocenters. The van der Waals surface area contributed by atoms with Gasteiger partial charge in [-0.1, -0.05) is 31.2 Å². The van der Waals surface area contributed by atoms with Crippen molar-refractivity contribution in [3.05, 3.63) is 83.9 Å². The summed E-state index contributed by atoms with van der Waals surface area (Å²) in [5.74, 6) is -0.475. The molecule has 0 aromatic heterocycles. The van der Waals surface area contributed by atoms with Gasteiger partial charge >= 0.3 is 0 Å². The van der Waals surface area contributed by atoms with Gasteiger partial charge in [0, 0.05) is 5.56 Å². The zero-order chi connectivity index (χ0) is 26.8. The molecule has 8 heteroatoms. The Morgan fingerprint density at radius 3 is 2.26 bits per heavy atom. The van der Waals surface area contributed by atoms with E-state index in [1.165, 1.54) is 6.92 Å². The average Bonchev–Trinajstić information content (AvgIpc) is 3.44. The summed E-state index contributed by atoms with van der Waals surface area (Å²) in [5, 5.41) is 1.65. The van der Waals surface area contributed by atoms with Crippen molar-refractivity contribution in [1.82, 2.24) is 0 Å². The van der Waals surface area contributed by atoms with E-state index in [2.05, 4.69) is 0 Å². The quantitative estimate of drug-likeness (QED) is 0.289. The molecule has 3 atom stereocenters. The number of fused-ring (bicyclic) bond motifs is 1. The summed E-state index contributed by atoms with van der Waals surface area (Å²) in [6.07, 6.45) is -0.137. The van der Waals surface area contributed by atoms with Crippen LogP contribution in [-0.4, -0.2) is 36.9 Å². The Balaban J connectivity index is 1.55. The number of hydroxylamine groups is 1. The van der Waals surface area contributed by atoms with Crippen molar-refractivity contribution in [2.75, 3.05) is 23.2 Å². The van der Waals surface area contributed by atoms with Gasteiger partial charge in [-0.05, 0) is 74.4 Å². The van der Waals surface area contributed by atoms with Gasteiger partial charge in [-0.15, -0.1) is 0 Å². The second kappa shape index (κ2) is 10.7. The number of hydrogen-bond acceptors (Lipinski definition) is 7. The number of rotatable bonds is 9. The van der Waals surface area contributed by atoms with Crippen LogP contribution in [0.15, 0.2) is 72.8 Å². The maximum Gasteiger partial charge on any atom is 0.266 e. The van der Waals surface area contributed by atoms with Gasteiger partial charge in [0.25, 0.3) is 5.91 Å². The van der Waals surface area contributed by atoms with Gasteiger partial charge in [-0.2, -0.15) is 0 Å². The number of nitrogens with zero attached hydrogens (tertiary/aromatic N) is 2. The molecule has 2 aliphatic rings. The van der Waals surface area contributed by atoms with E-state index < -0.39 is 24.0 Å². The summed E-state index contributed by atoms with van der Waals surface area (Å²) in [7, 11) is 0. The van der Waals surface area contributed by atoms with E-state index in [0.29, 0.717) is 36.0 Å². The van der Waals surface area contributed by atoms with E-state index in [-0.39, 0.29) is 11.7 Å². The van der Waals surface area contributed by atoms with Crippen molar-refractivity contribution >= 4 is 29.0 Å². The summed E-state index contributed by atoms with van der Waals surface area (Å²) >= 11 is 0. The molecule has 3 aromatic carbocycles. The van der Waals surface area contributed by atoms with Crippen LogP contribution in [0.1, 0.15) is 49.2 Å². The highest BCUT2D eigenvalue weighted by Gasteiger charge is 2.60. The molecule has 0 spiro atoms. The Bertz CT molecular complexity index is 1340. The van der Waals surface area contributed by atoms with Crippen LogP contribution >= 0.6 is 0 Å². The summed E-state index contributed by atoms with van der Waals surface area (Å²) in [4.78, 5) is 46.5. The number of ether oxygens (including phenoxy) is 2. The summed E-state index contributed by atoms with van der Waals surface area (Å²) < 4.78 is 11.8. The van der Waals surface area contributed by atoms with Crippen molar-refractivity contribution in [3.63, 3.8) is 0 Å². The minimum atomic E-state index is -0.994. The van der Waals surface area contributed by atoms with Crippen LogP contribution in [0.3, 0.4) is 0 Å². The van der Waals surface area contributed by atoms with Crippen molar-refractivity contribution in [2.24, 2.45) is 5.92 Å². The van der Waals surface area contributed by atoms with Crippen LogP contribution in [0.2, 0.25) is 0 Å². The zero-order valence-electron chi connectivity index (χ0n) is 21.6. The number of para-hydroxylation sites is 1. The molecule has 5 rings (SSSR count). The number of ketones is 1. The summed E-state index contributed by atoms with van der Waals surface area (Å²) in [5.41, 5.74) is 2.41. The van der Waals surface area contributed by atoms with Crippen molar-refractivity contribution in [2.45, 2.75) is 39.3 Å². The molecule has 3 aromatic rings. The Labute approximate surface area is 221 Å². The molecule has 8 nitrogen and oxygen atoms in total. The Morgan fingerprint density at radius 1 is 0.868 bits per heavy atom. The number of imide groups is 1. The van der Waals surface area contributed by atoms with Crippen LogP contribution in [0.5, 0.6) is 11.5 Å². The van der Waals surface area contributed by atoms with Crippen molar-refractivity contribution in [3.8, 4) is 11.5 Å². The zero-order valence-corrected chi connectivity index (χ0v) is 21.6. The van der Waals surface area contributed by atoms with Gasteiger partial charge in [-0.25, -0.2) is 9.96 Å².